The van der Waals surface area contributed by atoms with Crippen LogP contribution in [-0.4, -0.2) is 12.7 Å². The molecule has 0 spiro atoms. The average molecular weight is 187 g/mol. The number of hydrogen-bond donors (Lipinski definition) is 1. The lowest BCUT2D eigenvalue weighted by atomic mass is 10.1. The molecule has 0 heterocycles. The molecule has 0 aromatic heterocycles. The van der Waals surface area contributed by atoms with Gasteiger partial charge in [0.1, 0.15) is 0 Å². The van der Waals surface area contributed by atoms with Gasteiger partial charge in [0, 0.05) is 0 Å². The Morgan fingerprint density at radius 2 is 1.62 bits per heavy atom. The zero-order valence-electron chi connectivity index (χ0n) is 8.55. The first-order valence-electron chi connectivity index (χ1n) is 5.19. The molecule has 0 atom stereocenters. The highest BCUT2D eigenvalue weighted by Crippen LogP contribution is 2.06. The first kappa shape index (κ1) is 12.3. The van der Waals surface area contributed by atoms with Gasteiger partial charge < -0.3 is 10.5 Å². The Morgan fingerprint density at radius 3 is 2.15 bits per heavy atom. The number of rotatable bonds is 8. The van der Waals surface area contributed by atoms with Gasteiger partial charge in [-0.05, 0) is 6.42 Å². The molecule has 1 amide bonds. The molecule has 0 bridgehead atoms. The van der Waals surface area contributed by atoms with E-state index in [0.717, 1.165) is 12.8 Å². The van der Waals surface area contributed by atoms with Crippen molar-refractivity contribution in [3.63, 3.8) is 0 Å². The SMILES string of the molecule is CCCCCCCCCOC(N)=O. The molecular weight excluding hydrogens is 166 g/mol. The maximum absolute atomic E-state index is 10.2. The lowest BCUT2D eigenvalue weighted by Crippen LogP contribution is -2.13. The van der Waals surface area contributed by atoms with E-state index in [1.807, 2.05) is 0 Å². The van der Waals surface area contributed by atoms with E-state index in [2.05, 4.69) is 11.7 Å². The highest BCUT2D eigenvalue weighted by molar-refractivity contribution is 5.64. The van der Waals surface area contributed by atoms with Crippen LogP contribution < -0.4 is 5.73 Å². The van der Waals surface area contributed by atoms with Crippen molar-refractivity contribution in [2.45, 2.75) is 51.9 Å². The molecule has 0 aliphatic carbocycles. The molecule has 0 aromatic carbocycles. The third-order valence-corrected chi connectivity index (χ3v) is 1.99. The van der Waals surface area contributed by atoms with Crippen molar-refractivity contribution >= 4 is 6.09 Å². The van der Waals surface area contributed by atoms with Crippen molar-refractivity contribution in [2.24, 2.45) is 5.73 Å². The van der Waals surface area contributed by atoms with Crippen LogP contribution in [0.3, 0.4) is 0 Å². The summed E-state index contributed by atoms with van der Waals surface area (Å²) in [6.07, 6.45) is 7.89. The summed E-state index contributed by atoms with van der Waals surface area (Å²) in [5, 5.41) is 0. The minimum Gasteiger partial charge on any atom is -0.450 e. The number of nitrogens with two attached hydrogens (primary N) is 1. The predicted molar refractivity (Wildman–Crippen MR) is 53.5 cm³/mol. The molecule has 0 saturated heterocycles. The van der Waals surface area contributed by atoms with Gasteiger partial charge in [-0.2, -0.15) is 0 Å². The third kappa shape index (κ3) is 11.3. The molecule has 0 unspecified atom stereocenters. The molecule has 0 radical (unpaired) electrons. The summed E-state index contributed by atoms with van der Waals surface area (Å²) in [5.74, 6) is 0. The first-order valence-corrected chi connectivity index (χ1v) is 5.19. The maximum Gasteiger partial charge on any atom is 0.404 e. The molecule has 78 valence electrons. The molecule has 2 N–H and O–H groups in total. The Morgan fingerprint density at radius 1 is 1.08 bits per heavy atom. The first-order chi connectivity index (χ1) is 6.27. The Labute approximate surface area is 80.6 Å². The second kappa shape index (κ2) is 9.36. The highest BCUT2D eigenvalue weighted by atomic mass is 16.5. The molecule has 0 fully saturated rings. The van der Waals surface area contributed by atoms with Gasteiger partial charge >= 0.3 is 6.09 Å². The van der Waals surface area contributed by atoms with Gasteiger partial charge in [0.05, 0.1) is 6.61 Å². The van der Waals surface area contributed by atoms with E-state index in [1.54, 1.807) is 0 Å². The largest absolute Gasteiger partial charge is 0.450 e. The maximum atomic E-state index is 10.2. The number of amides is 1. The quantitative estimate of drug-likeness (QED) is 0.594. The Bertz CT molecular complexity index is 126. The van der Waals surface area contributed by atoms with Gasteiger partial charge in [-0.15, -0.1) is 0 Å². The fourth-order valence-corrected chi connectivity index (χ4v) is 1.23. The fourth-order valence-electron chi connectivity index (χ4n) is 1.23. The molecule has 0 aliphatic rings. The van der Waals surface area contributed by atoms with Crippen LogP contribution in [0.1, 0.15) is 51.9 Å². The number of primary amides is 1. The van der Waals surface area contributed by atoms with Gasteiger partial charge in [-0.1, -0.05) is 45.4 Å². The van der Waals surface area contributed by atoms with Crippen LogP contribution in [0.15, 0.2) is 0 Å². The molecule has 0 aliphatic heterocycles. The van der Waals surface area contributed by atoms with Crippen molar-refractivity contribution in [1.29, 1.82) is 0 Å². The van der Waals surface area contributed by atoms with Crippen LogP contribution in [0.4, 0.5) is 4.79 Å². The highest BCUT2D eigenvalue weighted by Gasteiger charge is 1.93. The summed E-state index contributed by atoms with van der Waals surface area (Å²) >= 11 is 0. The molecular formula is C10H21NO2. The minimum absolute atomic E-state index is 0.475. The van der Waals surface area contributed by atoms with Crippen molar-refractivity contribution in [2.75, 3.05) is 6.61 Å². The molecule has 0 aromatic rings. The monoisotopic (exact) mass is 187 g/mol. The van der Waals surface area contributed by atoms with Crippen LogP contribution in [0.2, 0.25) is 0 Å². The number of ether oxygens (including phenoxy) is 1. The number of carbonyl (C=O) groups excluding carboxylic acids is 1. The molecule has 3 heteroatoms. The lowest BCUT2D eigenvalue weighted by Gasteiger charge is -2.01. The standard InChI is InChI=1S/C10H21NO2/c1-2-3-4-5-6-7-8-9-13-10(11)12/h2-9H2,1H3,(H2,11,12). The summed E-state index contributed by atoms with van der Waals surface area (Å²) in [6, 6.07) is 0. The zero-order chi connectivity index (χ0) is 9.94. The second-order valence-electron chi connectivity index (χ2n) is 3.29. The summed E-state index contributed by atoms with van der Waals surface area (Å²) in [4.78, 5) is 10.2. The zero-order valence-corrected chi connectivity index (χ0v) is 8.55. The van der Waals surface area contributed by atoms with E-state index < -0.39 is 6.09 Å². The summed E-state index contributed by atoms with van der Waals surface area (Å²) in [5.41, 5.74) is 4.81. The Hall–Kier alpha value is -0.730. The molecule has 0 rings (SSSR count). The van der Waals surface area contributed by atoms with Crippen LogP contribution >= 0.6 is 0 Å². The van der Waals surface area contributed by atoms with Crippen molar-refractivity contribution in [3.05, 3.63) is 0 Å². The predicted octanol–water partition coefficient (Wildman–Crippen LogP) is 2.83. The molecule has 3 nitrogen and oxygen atoms in total. The fraction of sp³-hybridized carbons (Fsp3) is 0.900. The average Bonchev–Trinajstić information content (AvgIpc) is 2.09. The van der Waals surface area contributed by atoms with E-state index >= 15 is 0 Å². The minimum atomic E-state index is -0.661. The number of hydrogen-bond acceptors (Lipinski definition) is 2. The van der Waals surface area contributed by atoms with Gasteiger partial charge in [0.2, 0.25) is 0 Å². The molecule has 13 heavy (non-hydrogen) atoms. The van der Waals surface area contributed by atoms with Gasteiger partial charge in [0.15, 0.2) is 0 Å². The van der Waals surface area contributed by atoms with E-state index in [-0.39, 0.29) is 0 Å². The van der Waals surface area contributed by atoms with Crippen LogP contribution in [0, 0.1) is 0 Å². The second-order valence-corrected chi connectivity index (χ2v) is 3.29. The van der Waals surface area contributed by atoms with Crippen molar-refractivity contribution in [1.82, 2.24) is 0 Å². The van der Waals surface area contributed by atoms with Crippen LogP contribution in [-0.2, 0) is 4.74 Å². The van der Waals surface area contributed by atoms with Crippen LogP contribution in [0.5, 0.6) is 0 Å². The van der Waals surface area contributed by atoms with E-state index in [1.165, 1.54) is 32.1 Å². The van der Waals surface area contributed by atoms with E-state index in [0.29, 0.717) is 6.61 Å². The van der Waals surface area contributed by atoms with E-state index in [4.69, 9.17) is 5.73 Å². The van der Waals surface area contributed by atoms with Crippen LogP contribution in [0.25, 0.3) is 0 Å². The van der Waals surface area contributed by atoms with Gasteiger partial charge in [-0.3, -0.25) is 0 Å². The Balaban J connectivity index is 2.87. The summed E-state index contributed by atoms with van der Waals surface area (Å²) < 4.78 is 4.61. The Kier molecular flexibility index (Phi) is 8.83. The molecule has 0 saturated carbocycles. The summed E-state index contributed by atoms with van der Waals surface area (Å²) in [7, 11) is 0. The third-order valence-electron chi connectivity index (χ3n) is 1.99. The summed E-state index contributed by atoms with van der Waals surface area (Å²) in [6.45, 7) is 2.68. The smallest absolute Gasteiger partial charge is 0.404 e. The lowest BCUT2D eigenvalue weighted by molar-refractivity contribution is 0.154. The van der Waals surface area contributed by atoms with Gasteiger partial charge in [0.25, 0.3) is 0 Å². The normalized spacial score (nSPS) is 9.92. The number of carbonyl (C=O) groups is 1. The topological polar surface area (TPSA) is 52.3 Å². The van der Waals surface area contributed by atoms with E-state index in [9.17, 15) is 4.79 Å². The van der Waals surface area contributed by atoms with Gasteiger partial charge in [-0.25, -0.2) is 4.79 Å². The number of unbranched alkanes of at least 4 members (excludes halogenated alkanes) is 6. The van der Waals surface area contributed by atoms with Crippen molar-refractivity contribution in [3.8, 4) is 0 Å². The van der Waals surface area contributed by atoms with Crippen molar-refractivity contribution < 1.29 is 9.53 Å².